The van der Waals surface area contributed by atoms with Gasteiger partial charge in [0.1, 0.15) is 0 Å². The summed E-state index contributed by atoms with van der Waals surface area (Å²) in [5.74, 6) is 0.966. The van der Waals surface area contributed by atoms with Gasteiger partial charge in [-0.2, -0.15) is 0 Å². The summed E-state index contributed by atoms with van der Waals surface area (Å²) in [6.45, 7) is 4.60. The molecule has 0 bridgehead atoms. The molecule has 0 saturated heterocycles. The highest BCUT2D eigenvalue weighted by molar-refractivity contribution is 6.19. The Morgan fingerprint density at radius 1 is 0.500 bits per heavy atom. The lowest BCUT2D eigenvalue weighted by Gasteiger charge is -2.40. The molecule has 0 aliphatic carbocycles. The highest BCUT2D eigenvalue weighted by atomic mass is 15.3. The van der Waals surface area contributed by atoms with Crippen LogP contribution in [0.5, 0.6) is 0 Å². The smallest absolute Gasteiger partial charge is 0.211 e. The van der Waals surface area contributed by atoms with Crippen molar-refractivity contribution < 1.29 is 0 Å². The lowest BCUT2D eigenvalue weighted by Crippen LogP contribution is -2.37. The van der Waals surface area contributed by atoms with Crippen LogP contribution in [0.3, 0.4) is 0 Å². The Morgan fingerprint density at radius 3 is 1.74 bits per heavy atom. The zero-order valence-corrected chi connectivity index (χ0v) is 25.9. The van der Waals surface area contributed by atoms with Crippen molar-refractivity contribution in [2.75, 3.05) is 11.9 Å². The predicted molar refractivity (Wildman–Crippen MR) is 191 cm³/mol. The molecule has 0 spiro atoms. The molecule has 10 rings (SSSR count). The van der Waals surface area contributed by atoms with Crippen LogP contribution in [0, 0.1) is 0 Å². The van der Waals surface area contributed by atoms with E-state index in [4.69, 9.17) is 4.98 Å². The number of nitrogens with zero attached hydrogens (tertiary/aromatic N) is 5. The minimum atomic E-state index is -0.266. The van der Waals surface area contributed by atoms with Crippen LogP contribution < -0.4 is 4.90 Å². The third-order valence-corrected chi connectivity index (χ3v) is 10.1. The normalized spacial score (nSPS) is 14.1. The molecule has 0 fully saturated rings. The van der Waals surface area contributed by atoms with Crippen LogP contribution in [-0.4, -0.2) is 25.7 Å². The van der Waals surface area contributed by atoms with Crippen molar-refractivity contribution in [3.05, 3.63) is 139 Å². The van der Waals surface area contributed by atoms with Crippen molar-refractivity contribution in [1.29, 1.82) is 0 Å². The Balaban J connectivity index is 1.26. The molecule has 1 aliphatic rings. The predicted octanol–water partition coefficient (Wildman–Crippen LogP) is 10.1. The van der Waals surface area contributed by atoms with Gasteiger partial charge in [0, 0.05) is 45.5 Å². The molecular formula is C41H31N5. The van der Waals surface area contributed by atoms with Gasteiger partial charge in [-0.1, -0.05) is 72.8 Å². The zero-order valence-electron chi connectivity index (χ0n) is 25.9. The van der Waals surface area contributed by atoms with Crippen molar-refractivity contribution in [2.45, 2.75) is 19.4 Å². The van der Waals surface area contributed by atoms with Crippen molar-refractivity contribution >= 4 is 66.3 Å². The first-order valence-electron chi connectivity index (χ1n) is 15.9. The molecule has 9 aromatic rings. The van der Waals surface area contributed by atoms with E-state index >= 15 is 0 Å². The largest absolute Gasteiger partial charge is 0.315 e. The summed E-state index contributed by atoms with van der Waals surface area (Å²) in [6.07, 6.45) is 0. The molecule has 4 heterocycles. The van der Waals surface area contributed by atoms with Gasteiger partial charge in [0.15, 0.2) is 0 Å². The fraction of sp³-hybridized carbons (Fsp3) is 0.0976. The van der Waals surface area contributed by atoms with E-state index < -0.39 is 0 Å². The second-order valence-corrected chi connectivity index (χ2v) is 13.0. The van der Waals surface area contributed by atoms with Gasteiger partial charge in [0.25, 0.3) is 0 Å². The number of hydrogen-bond donors (Lipinski definition) is 0. The summed E-state index contributed by atoms with van der Waals surface area (Å²) in [6, 6.07) is 48.5. The van der Waals surface area contributed by atoms with Crippen LogP contribution in [0.25, 0.3) is 66.0 Å². The number of para-hydroxylation sites is 5. The quantitative estimate of drug-likeness (QED) is 0.200. The molecule has 1 aliphatic heterocycles. The van der Waals surface area contributed by atoms with Crippen molar-refractivity contribution in [3.63, 3.8) is 0 Å². The summed E-state index contributed by atoms with van der Waals surface area (Å²) in [5, 5.41) is 5.00. The van der Waals surface area contributed by atoms with Gasteiger partial charge in [-0.3, -0.25) is 0 Å². The average Bonchev–Trinajstić information content (AvgIpc) is 3.75. The number of fused-ring (bicyclic) bond motifs is 10. The van der Waals surface area contributed by atoms with Crippen molar-refractivity contribution in [2.24, 2.45) is 0 Å². The molecule has 220 valence electrons. The second-order valence-electron chi connectivity index (χ2n) is 13.0. The maximum absolute atomic E-state index is 5.09. The van der Waals surface area contributed by atoms with Crippen LogP contribution in [0.15, 0.2) is 133 Å². The van der Waals surface area contributed by atoms with Crippen LogP contribution in [0.2, 0.25) is 0 Å². The van der Waals surface area contributed by atoms with Crippen molar-refractivity contribution in [3.8, 4) is 11.4 Å². The van der Waals surface area contributed by atoms with Gasteiger partial charge >= 0.3 is 0 Å². The van der Waals surface area contributed by atoms with Gasteiger partial charge in [-0.25, -0.2) is 4.98 Å². The van der Waals surface area contributed by atoms with Crippen LogP contribution in [0.4, 0.5) is 11.6 Å². The average molecular weight is 594 g/mol. The number of anilines is 2. The summed E-state index contributed by atoms with van der Waals surface area (Å²) in [7, 11) is 2.14. The second kappa shape index (κ2) is 8.89. The van der Waals surface area contributed by atoms with E-state index in [1.807, 2.05) is 0 Å². The van der Waals surface area contributed by atoms with E-state index in [1.54, 1.807) is 0 Å². The summed E-state index contributed by atoms with van der Waals surface area (Å²) in [4.78, 5) is 7.34. The standard InChI is InChI=1S/C41H31N5/c1-41(2)32-22-21-27(23-39(32)43(3)40-42-33-17-9-12-20-36(33)46(40)41)45-35-19-11-8-16-29(35)31-24-37-30(25-38(31)45)28-15-7-10-18-34(28)44(37)26-13-5-4-6-14-26/h4-25H,1-3H3. The van der Waals surface area contributed by atoms with E-state index in [-0.39, 0.29) is 5.54 Å². The lowest BCUT2D eigenvalue weighted by atomic mass is 9.89. The SMILES string of the molecule is CN1c2cc(-n3c4ccccc4c4cc5c(cc43)c3ccccc3n5-c3ccccc3)ccc2C(C)(C)n2c1nc1ccccc12. The molecular weight excluding hydrogens is 562 g/mol. The van der Waals surface area contributed by atoms with Gasteiger partial charge < -0.3 is 18.6 Å². The van der Waals surface area contributed by atoms with Crippen LogP contribution >= 0.6 is 0 Å². The number of imidazole rings is 1. The van der Waals surface area contributed by atoms with Crippen LogP contribution in [-0.2, 0) is 5.54 Å². The van der Waals surface area contributed by atoms with E-state index in [0.717, 1.165) is 22.7 Å². The van der Waals surface area contributed by atoms with E-state index in [9.17, 15) is 0 Å². The maximum Gasteiger partial charge on any atom is 0.211 e. The minimum absolute atomic E-state index is 0.266. The van der Waals surface area contributed by atoms with Gasteiger partial charge in [-0.15, -0.1) is 0 Å². The van der Waals surface area contributed by atoms with Gasteiger partial charge in [0.05, 0.1) is 44.3 Å². The minimum Gasteiger partial charge on any atom is -0.315 e. The van der Waals surface area contributed by atoms with E-state index in [0.29, 0.717) is 0 Å². The van der Waals surface area contributed by atoms with Crippen LogP contribution in [0.1, 0.15) is 19.4 Å². The molecule has 5 nitrogen and oxygen atoms in total. The Kier molecular flexibility index (Phi) is 4.93. The Bertz CT molecular complexity index is 2690. The highest BCUT2D eigenvalue weighted by Crippen LogP contribution is 2.47. The maximum atomic E-state index is 5.09. The van der Waals surface area contributed by atoms with E-state index in [2.05, 4.69) is 173 Å². The molecule has 0 atom stereocenters. The monoisotopic (exact) mass is 593 g/mol. The number of hydrogen-bond acceptors (Lipinski definition) is 2. The van der Waals surface area contributed by atoms with E-state index in [1.165, 1.54) is 60.5 Å². The number of rotatable bonds is 2. The summed E-state index contributed by atoms with van der Waals surface area (Å²) in [5.41, 5.74) is 11.5. The molecule has 0 saturated carbocycles. The third-order valence-electron chi connectivity index (χ3n) is 10.1. The molecule has 46 heavy (non-hydrogen) atoms. The first-order chi connectivity index (χ1) is 22.5. The topological polar surface area (TPSA) is 30.9 Å². The molecule has 0 N–H and O–H groups in total. The Morgan fingerprint density at radius 2 is 1.07 bits per heavy atom. The fourth-order valence-electron chi connectivity index (χ4n) is 8.04. The third kappa shape index (κ3) is 3.21. The molecule has 0 radical (unpaired) electrons. The number of benzene rings is 6. The fourth-order valence-corrected chi connectivity index (χ4v) is 8.04. The molecule has 6 aromatic carbocycles. The first-order valence-corrected chi connectivity index (χ1v) is 15.9. The zero-order chi connectivity index (χ0) is 30.7. The molecule has 0 amide bonds. The Labute approximate surface area is 266 Å². The summed E-state index contributed by atoms with van der Waals surface area (Å²) >= 11 is 0. The Hall–Kier alpha value is -5.81. The molecule has 5 heteroatoms. The highest BCUT2D eigenvalue weighted by Gasteiger charge is 2.37. The first kappa shape index (κ1) is 25.5. The molecule has 3 aromatic heterocycles. The number of aromatic nitrogens is 4. The molecule has 0 unspecified atom stereocenters. The lowest BCUT2D eigenvalue weighted by molar-refractivity contribution is 0.440. The van der Waals surface area contributed by atoms with Crippen molar-refractivity contribution in [1.82, 2.24) is 18.7 Å². The van der Waals surface area contributed by atoms with Gasteiger partial charge in [0.2, 0.25) is 5.95 Å². The van der Waals surface area contributed by atoms with Gasteiger partial charge in [-0.05, 0) is 74.5 Å². The summed E-state index contributed by atoms with van der Waals surface area (Å²) < 4.78 is 7.22.